The molecule has 0 spiro atoms. The molecule has 1 saturated carbocycles. The van der Waals surface area contributed by atoms with Crippen molar-refractivity contribution >= 4 is 0 Å². The third-order valence-corrected chi connectivity index (χ3v) is 2.38. The third kappa shape index (κ3) is 2.80. The van der Waals surface area contributed by atoms with E-state index in [4.69, 9.17) is 6.92 Å². The molecule has 2 heteroatoms. The van der Waals surface area contributed by atoms with Gasteiger partial charge in [-0.05, 0) is 26.3 Å². The average Bonchev–Trinajstić information content (AvgIpc) is 2.03. The van der Waals surface area contributed by atoms with Gasteiger partial charge in [-0.2, -0.15) is 0 Å². The molecule has 1 rings (SSSR count). The van der Waals surface area contributed by atoms with E-state index >= 15 is 0 Å². The molecule has 0 bridgehead atoms. The second kappa shape index (κ2) is 4.07. The molecule has 0 unspecified atom stereocenters. The van der Waals surface area contributed by atoms with Crippen molar-refractivity contribution in [1.29, 1.82) is 0 Å². The van der Waals surface area contributed by atoms with Crippen LogP contribution in [0.4, 0.5) is 0 Å². The predicted octanol–water partition coefficient (Wildman–Crippen LogP) is 0.982. The smallest absolute Gasteiger partial charge is 0.0771 e. The number of rotatable bonds is 3. The molecule has 1 aliphatic rings. The van der Waals surface area contributed by atoms with E-state index in [0.717, 1.165) is 25.7 Å². The van der Waals surface area contributed by atoms with Crippen LogP contribution in [-0.2, 0) is 0 Å². The minimum absolute atomic E-state index is 0.461. The zero-order valence-electron chi connectivity index (χ0n) is 6.97. The van der Waals surface area contributed by atoms with Gasteiger partial charge in [0.05, 0.1) is 5.60 Å². The van der Waals surface area contributed by atoms with Crippen LogP contribution in [-0.4, -0.2) is 23.8 Å². The Labute approximate surface area is 69.0 Å². The molecule has 0 aliphatic heterocycles. The van der Waals surface area contributed by atoms with Crippen LogP contribution in [0.1, 0.15) is 32.1 Å². The Morgan fingerprint density at radius 3 is 2.45 bits per heavy atom. The fourth-order valence-corrected chi connectivity index (χ4v) is 1.69. The minimum Gasteiger partial charge on any atom is -0.389 e. The van der Waals surface area contributed by atoms with Gasteiger partial charge in [-0.25, -0.2) is 0 Å². The van der Waals surface area contributed by atoms with Crippen molar-refractivity contribution in [3.05, 3.63) is 6.92 Å². The molecule has 0 saturated heterocycles. The van der Waals surface area contributed by atoms with Gasteiger partial charge < -0.3 is 10.4 Å². The molecule has 0 amide bonds. The second-order valence-corrected chi connectivity index (χ2v) is 3.42. The largest absolute Gasteiger partial charge is 0.389 e. The molecule has 2 nitrogen and oxygen atoms in total. The van der Waals surface area contributed by atoms with Crippen LogP contribution in [0.25, 0.3) is 0 Å². The fraction of sp³-hybridized carbons (Fsp3) is 0.889. The van der Waals surface area contributed by atoms with Gasteiger partial charge in [-0.15, -0.1) is 0 Å². The molecule has 64 valence electrons. The maximum atomic E-state index is 9.88. The molecular weight excluding hydrogens is 138 g/mol. The fourth-order valence-electron chi connectivity index (χ4n) is 1.69. The van der Waals surface area contributed by atoms with Crippen molar-refractivity contribution < 1.29 is 5.11 Å². The van der Waals surface area contributed by atoms with Gasteiger partial charge in [0.1, 0.15) is 0 Å². The lowest BCUT2D eigenvalue weighted by Gasteiger charge is -2.32. The van der Waals surface area contributed by atoms with E-state index in [2.05, 4.69) is 5.32 Å². The van der Waals surface area contributed by atoms with Gasteiger partial charge in [-0.3, -0.25) is 0 Å². The Morgan fingerprint density at radius 2 is 1.91 bits per heavy atom. The van der Waals surface area contributed by atoms with E-state index in [1.54, 1.807) is 0 Å². The molecule has 0 atom stereocenters. The SMILES string of the molecule is [CH]CNCC1(O)CCCCC1. The second-order valence-electron chi connectivity index (χ2n) is 3.42. The summed E-state index contributed by atoms with van der Waals surface area (Å²) in [6.45, 7) is 6.40. The highest BCUT2D eigenvalue weighted by Crippen LogP contribution is 2.26. The van der Waals surface area contributed by atoms with Gasteiger partial charge >= 0.3 is 0 Å². The van der Waals surface area contributed by atoms with Gasteiger partial charge in [-0.1, -0.05) is 19.3 Å². The summed E-state index contributed by atoms with van der Waals surface area (Å²) < 4.78 is 0. The molecule has 0 aromatic carbocycles. The minimum atomic E-state index is -0.461. The number of hydrogen-bond donors (Lipinski definition) is 2. The highest BCUT2D eigenvalue weighted by Gasteiger charge is 2.27. The topological polar surface area (TPSA) is 32.3 Å². The summed E-state index contributed by atoms with van der Waals surface area (Å²) in [5, 5.41) is 12.9. The highest BCUT2D eigenvalue weighted by molar-refractivity contribution is 4.84. The predicted molar refractivity (Wildman–Crippen MR) is 45.2 cm³/mol. The van der Waals surface area contributed by atoms with E-state index in [1.807, 2.05) is 0 Å². The first-order valence-corrected chi connectivity index (χ1v) is 4.40. The van der Waals surface area contributed by atoms with E-state index in [1.165, 1.54) is 6.42 Å². The van der Waals surface area contributed by atoms with Crippen LogP contribution in [0.3, 0.4) is 0 Å². The summed E-state index contributed by atoms with van der Waals surface area (Å²) in [6, 6.07) is 0. The van der Waals surface area contributed by atoms with Gasteiger partial charge in [0.25, 0.3) is 0 Å². The van der Waals surface area contributed by atoms with Crippen molar-refractivity contribution in [3.8, 4) is 0 Å². The lowest BCUT2D eigenvalue weighted by Crippen LogP contribution is -2.42. The summed E-state index contributed by atoms with van der Waals surface area (Å²) in [7, 11) is 0. The lowest BCUT2D eigenvalue weighted by atomic mass is 9.85. The normalized spacial score (nSPS) is 23.5. The Morgan fingerprint density at radius 1 is 1.27 bits per heavy atom. The van der Waals surface area contributed by atoms with Crippen LogP contribution in [0.15, 0.2) is 0 Å². The standard InChI is InChI=1S/C9H17NO/c1-2-10-8-9(11)6-4-3-5-7-9/h1,10-11H,2-8H2. The van der Waals surface area contributed by atoms with Crippen molar-refractivity contribution in [2.24, 2.45) is 0 Å². The summed E-state index contributed by atoms with van der Waals surface area (Å²) in [5.41, 5.74) is -0.461. The van der Waals surface area contributed by atoms with E-state index in [0.29, 0.717) is 13.1 Å². The summed E-state index contributed by atoms with van der Waals surface area (Å²) >= 11 is 0. The average molecular weight is 155 g/mol. The van der Waals surface area contributed by atoms with E-state index in [9.17, 15) is 5.11 Å². The first-order valence-electron chi connectivity index (χ1n) is 4.40. The van der Waals surface area contributed by atoms with Crippen LogP contribution in [0, 0.1) is 6.92 Å². The maximum Gasteiger partial charge on any atom is 0.0771 e. The number of nitrogens with one attached hydrogen (secondary N) is 1. The number of hydrogen-bond acceptors (Lipinski definition) is 2. The summed E-state index contributed by atoms with van der Waals surface area (Å²) in [4.78, 5) is 0. The van der Waals surface area contributed by atoms with Crippen molar-refractivity contribution in [1.82, 2.24) is 5.32 Å². The third-order valence-electron chi connectivity index (χ3n) is 2.38. The first-order chi connectivity index (χ1) is 5.27. The molecular formula is C9H17NO. The van der Waals surface area contributed by atoms with Gasteiger partial charge in [0.15, 0.2) is 0 Å². The van der Waals surface area contributed by atoms with Crippen molar-refractivity contribution in [2.75, 3.05) is 13.1 Å². The zero-order chi connectivity index (χ0) is 8.16. The molecule has 0 aromatic heterocycles. The van der Waals surface area contributed by atoms with Crippen molar-refractivity contribution in [2.45, 2.75) is 37.7 Å². The molecule has 0 heterocycles. The lowest BCUT2D eigenvalue weighted by molar-refractivity contribution is 0.00571. The molecule has 1 aliphatic carbocycles. The van der Waals surface area contributed by atoms with Crippen LogP contribution < -0.4 is 5.32 Å². The molecule has 1 fully saturated rings. The Balaban J connectivity index is 2.25. The van der Waals surface area contributed by atoms with Gasteiger partial charge in [0, 0.05) is 6.54 Å². The molecule has 2 N–H and O–H groups in total. The zero-order valence-corrected chi connectivity index (χ0v) is 6.97. The van der Waals surface area contributed by atoms with Crippen LogP contribution in [0.2, 0.25) is 0 Å². The first kappa shape index (κ1) is 9.01. The number of aliphatic hydroxyl groups is 1. The van der Waals surface area contributed by atoms with E-state index in [-0.39, 0.29) is 0 Å². The van der Waals surface area contributed by atoms with Gasteiger partial charge in [0.2, 0.25) is 0 Å². The summed E-state index contributed by atoms with van der Waals surface area (Å²) in [6.07, 6.45) is 5.44. The van der Waals surface area contributed by atoms with Crippen molar-refractivity contribution in [3.63, 3.8) is 0 Å². The Hall–Kier alpha value is -0.0800. The maximum absolute atomic E-state index is 9.88. The molecule has 11 heavy (non-hydrogen) atoms. The Kier molecular flexibility index (Phi) is 3.34. The quantitative estimate of drug-likeness (QED) is 0.637. The van der Waals surface area contributed by atoms with E-state index < -0.39 is 5.60 Å². The summed E-state index contributed by atoms with van der Waals surface area (Å²) in [5.74, 6) is 0. The highest BCUT2D eigenvalue weighted by atomic mass is 16.3. The van der Waals surface area contributed by atoms with Crippen LogP contribution in [0.5, 0.6) is 0 Å². The van der Waals surface area contributed by atoms with Crippen LogP contribution >= 0.6 is 0 Å². The monoisotopic (exact) mass is 155 g/mol. The molecule has 0 aromatic rings. The Bertz CT molecular complexity index is 108. The molecule has 2 radical (unpaired) electrons.